The summed E-state index contributed by atoms with van der Waals surface area (Å²) in [4.78, 5) is 23.7. The number of hydrogen-bond donors (Lipinski definition) is 2. The molecular formula is C16H11Cl2N3O2. The molecule has 0 spiro atoms. The highest BCUT2D eigenvalue weighted by Crippen LogP contribution is 2.25. The van der Waals surface area contributed by atoms with E-state index in [9.17, 15) is 9.59 Å². The monoisotopic (exact) mass is 347 g/mol. The van der Waals surface area contributed by atoms with Crippen LogP contribution in [0.15, 0.2) is 42.5 Å². The Morgan fingerprint density at radius 1 is 1.09 bits per heavy atom. The number of benzene rings is 2. The van der Waals surface area contributed by atoms with Gasteiger partial charge in [-0.3, -0.25) is 9.59 Å². The zero-order chi connectivity index (χ0) is 16.8. The summed E-state index contributed by atoms with van der Waals surface area (Å²) in [6.45, 7) is -0.221. The van der Waals surface area contributed by atoms with E-state index in [2.05, 4.69) is 10.6 Å². The number of hydrogen-bond acceptors (Lipinski definition) is 3. The second-order valence-corrected chi connectivity index (χ2v) is 5.39. The van der Waals surface area contributed by atoms with Gasteiger partial charge in [-0.05, 0) is 42.5 Å². The van der Waals surface area contributed by atoms with Crippen molar-refractivity contribution in [2.45, 2.75) is 0 Å². The second-order valence-electron chi connectivity index (χ2n) is 4.54. The standard InChI is InChI=1S/C16H11Cl2N3O2/c17-12-5-6-13(18)14(7-12)21-15(22)9-20-16(23)11-3-1-10(8-19)2-4-11/h1-7H,9H2,(H,20,23)(H,21,22). The van der Waals surface area contributed by atoms with Crippen LogP contribution < -0.4 is 10.6 Å². The number of rotatable bonds is 4. The van der Waals surface area contributed by atoms with Gasteiger partial charge in [-0.1, -0.05) is 23.2 Å². The van der Waals surface area contributed by atoms with E-state index in [1.54, 1.807) is 12.1 Å². The van der Waals surface area contributed by atoms with Crippen molar-refractivity contribution in [1.82, 2.24) is 5.32 Å². The van der Waals surface area contributed by atoms with Crippen LogP contribution in [0.3, 0.4) is 0 Å². The first-order valence-corrected chi connectivity index (χ1v) is 7.28. The maximum Gasteiger partial charge on any atom is 0.251 e. The molecule has 2 amide bonds. The number of nitrogens with one attached hydrogen (secondary N) is 2. The fraction of sp³-hybridized carbons (Fsp3) is 0.0625. The molecule has 2 aromatic rings. The Balaban J connectivity index is 1.92. The van der Waals surface area contributed by atoms with Crippen molar-refractivity contribution in [2.24, 2.45) is 0 Å². The second kappa shape index (κ2) is 7.63. The Kier molecular flexibility index (Phi) is 5.58. The van der Waals surface area contributed by atoms with Gasteiger partial charge in [0.25, 0.3) is 5.91 Å². The Morgan fingerprint density at radius 3 is 2.43 bits per heavy atom. The van der Waals surface area contributed by atoms with Gasteiger partial charge in [0.15, 0.2) is 0 Å². The third-order valence-electron chi connectivity index (χ3n) is 2.89. The zero-order valence-electron chi connectivity index (χ0n) is 11.8. The van der Waals surface area contributed by atoms with Crippen LogP contribution >= 0.6 is 23.2 Å². The molecule has 0 heterocycles. The molecule has 116 valence electrons. The molecule has 7 heteroatoms. The van der Waals surface area contributed by atoms with E-state index in [-0.39, 0.29) is 6.54 Å². The predicted octanol–water partition coefficient (Wildman–Crippen LogP) is 3.23. The molecule has 0 atom stereocenters. The van der Waals surface area contributed by atoms with E-state index in [4.69, 9.17) is 28.5 Å². The van der Waals surface area contributed by atoms with Crippen LogP contribution in [0.1, 0.15) is 15.9 Å². The molecule has 2 N–H and O–H groups in total. The highest BCUT2D eigenvalue weighted by Gasteiger charge is 2.10. The lowest BCUT2D eigenvalue weighted by Crippen LogP contribution is -2.32. The van der Waals surface area contributed by atoms with E-state index in [1.165, 1.54) is 30.3 Å². The Bertz CT molecular complexity index is 783. The molecule has 2 aromatic carbocycles. The number of nitrogens with zero attached hydrogens (tertiary/aromatic N) is 1. The molecule has 0 radical (unpaired) electrons. The van der Waals surface area contributed by atoms with Crippen molar-refractivity contribution in [2.75, 3.05) is 11.9 Å². The largest absolute Gasteiger partial charge is 0.343 e. The fourth-order valence-electron chi connectivity index (χ4n) is 1.75. The number of halogens is 2. The number of amides is 2. The summed E-state index contributed by atoms with van der Waals surface area (Å²) in [5, 5.41) is 14.5. The summed E-state index contributed by atoms with van der Waals surface area (Å²) in [5.41, 5.74) is 1.18. The summed E-state index contributed by atoms with van der Waals surface area (Å²) < 4.78 is 0. The molecule has 0 aromatic heterocycles. The summed E-state index contributed by atoms with van der Waals surface area (Å²) >= 11 is 11.8. The lowest BCUT2D eigenvalue weighted by molar-refractivity contribution is -0.115. The molecule has 2 rings (SSSR count). The van der Waals surface area contributed by atoms with E-state index >= 15 is 0 Å². The average molecular weight is 348 g/mol. The van der Waals surface area contributed by atoms with E-state index in [0.717, 1.165) is 0 Å². The van der Waals surface area contributed by atoms with Crippen LogP contribution in [0, 0.1) is 11.3 Å². The average Bonchev–Trinajstić information content (AvgIpc) is 2.56. The summed E-state index contributed by atoms with van der Waals surface area (Å²) in [6.07, 6.45) is 0. The van der Waals surface area contributed by atoms with Crippen molar-refractivity contribution in [3.05, 3.63) is 63.6 Å². The Morgan fingerprint density at radius 2 is 1.78 bits per heavy atom. The number of anilines is 1. The first-order chi connectivity index (χ1) is 11.0. The minimum atomic E-state index is -0.434. The third kappa shape index (κ3) is 4.71. The molecule has 0 aliphatic rings. The Labute approximate surface area is 142 Å². The maximum absolute atomic E-state index is 11.9. The molecule has 0 aliphatic heterocycles. The molecule has 0 fully saturated rings. The van der Waals surface area contributed by atoms with E-state index in [0.29, 0.717) is 26.9 Å². The van der Waals surface area contributed by atoms with Crippen LogP contribution in [0.2, 0.25) is 10.0 Å². The maximum atomic E-state index is 11.9. The highest BCUT2D eigenvalue weighted by atomic mass is 35.5. The van der Waals surface area contributed by atoms with Crippen LogP contribution in [-0.4, -0.2) is 18.4 Å². The molecule has 0 bridgehead atoms. The number of carbonyl (C=O) groups excluding carboxylic acids is 2. The van der Waals surface area contributed by atoms with Crippen molar-refractivity contribution in [3.63, 3.8) is 0 Å². The van der Waals surface area contributed by atoms with Crippen LogP contribution in [-0.2, 0) is 4.79 Å². The van der Waals surface area contributed by atoms with Gasteiger partial charge < -0.3 is 10.6 Å². The van der Waals surface area contributed by atoms with Gasteiger partial charge in [-0.15, -0.1) is 0 Å². The molecular weight excluding hydrogens is 337 g/mol. The molecule has 0 aliphatic carbocycles. The highest BCUT2D eigenvalue weighted by molar-refractivity contribution is 6.35. The molecule has 0 unspecified atom stereocenters. The predicted molar refractivity (Wildman–Crippen MR) is 88.6 cm³/mol. The number of nitriles is 1. The molecule has 23 heavy (non-hydrogen) atoms. The van der Waals surface area contributed by atoms with E-state index < -0.39 is 11.8 Å². The first kappa shape index (κ1) is 16.8. The quantitative estimate of drug-likeness (QED) is 0.890. The third-order valence-corrected chi connectivity index (χ3v) is 3.45. The van der Waals surface area contributed by atoms with Crippen molar-refractivity contribution in [1.29, 1.82) is 5.26 Å². The van der Waals surface area contributed by atoms with Gasteiger partial charge in [0.05, 0.1) is 28.9 Å². The number of carbonyl (C=O) groups is 2. The van der Waals surface area contributed by atoms with Gasteiger partial charge in [0.1, 0.15) is 0 Å². The zero-order valence-corrected chi connectivity index (χ0v) is 13.3. The first-order valence-electron chi connectivity index (χ1n) is 6.53. The van der Waals surface area contributed by atoms with Gasteiger partial charge in [0.2, 0.25) is 5.91 Å². The van der Waals surface area contributed by atoms with Crippen LogP contribution in [0.5, 0.6) is 0 Å². The van der Waals surface area contributed by atoms with Crippen molar-refractivity contribution in [3.8, 4) is 6.07 Å². The summed E-state index contributed by atoms with van der Waals surface area (Å²) in [6, 6.07) is 12.7. The Hall–Kier alpha value is -2.55. The van der Waals surface area contributed by atoms with Crippen LogP contribution in [0.4, 0.5) is 5.69 Å². The SMILES string of the molecule is N#Cc1ccc(C(=O)NCC(=O)Nc2cc(Cl)ccc2Cl)cc1. The van der Waals surface area contributed by atoms with E-state index in [1.807, 2.05) is 6.07 Å². The summed E-state index contributed by atoms with van der Waals surface area (Å²) in [5.74, 6) is -0.849. The molecule has 0 saturated carbocycles. The lowest BCUT2D eigenvalue weighted by atomic mass is 10.1. The van der Waals surface area contributed by atoms with Gasteiger partial charge in [0, 0.05) is 10.6 Å². The minimum absolute atomic E-state index is 0.221. The topological polar surface area (TPSA) is 82.0 Å². The van der Waals surface area contributed by atoms with Gasteiger partial charge in [-0.2, -0.15) is 5.26 Å². The van der Waals surface area contributed by atoms with Gasteiger partial charge in [-0.25, -0.2) is 0 Å². The normalized spacial score (nSPS) is 9.78. The van der Waals surface area contributed by atoms with Crippen molar-refractivity contribution < 1.29 is 9.59 Å². The van der Waals surface area contributed by atoms with Crippen molar-refractivity contribution >= 4 is 40.7 Å². The molecule has 0 saturated heterocycles. The minimum Gasteiger partial charge on any atom is -0.343 e. The van der Waals surface area contributed by atoms with Gasteiger partial charge >= 0.3 is 0 Å². The van der Waals surface area contributed by atoms with Crippen LogP contribution in [0.25, 0.3) is 0 Å². The molecule has 5 nitrogen and oxygen atoms in total. The fourth-order valence-corrected chi connectivity index (χ4v) is 2.08. The summed E-state index contributed by atoms with van der Waals surface area (Å²) in [7, 11) is 0. The smallest absolute Gasteiger partial charge is 0.251 e. The lowest BCUT2D eigenvalue weighted by Gasteiger charge is -2.09.